The zero-order valence-corrected chi connectivity index (χ0v) is 7.79. The van der Waals surface area contributed by atoms with Crippen LogP contribution in [-0.4, -0.2) is 0 Å². The van der Waals surface area contributed by atoms with Crippen LogP contribution in [-0.2, 0) is 6.54 Å². The highest BCUT2D eigenvalue weighted by Crippen LogP contribution is 2.27. The van der Waals surface area contributed by atoms with Crippen molar-refractivity contribution in [3.8, 4) is 0 Å². The van der Waals surface area contributed by atoms with Crippen LogP contribution in [0.5, 0.6) is 0 Å². The Balaban J connectivity index is 2.29. The third-order valence-electron chi connectivity index (χ3n) is 2.57. The molecular formula is C12H15N. The minimum absolute atomic E-state index is 0.640. The second-order valence-corrected chi connectivity index (χ2v) is 3.53. The van der Waals surface area contributed by atoms with Crippen molar-refractivity contribution in [2.45, 2.75) is 25.8 Å². The monoisotopic (exact) mass is 173 g/mol. The normalized spacial score (nSPS) is 15.9. The first-order chi connectivity index (χ1) is 6.40. The molecule has 1 aliphatic rings. The van der Waals surface area contributed by atoms with E-state index >= 15 is 0 Å². The number of rotatable bonds is 2. The van der Waals surface area contributed by atoms with Gasteiger partial charge in [-0.1, -0.05) is 30.3 Å². The summed E-state index contributed by atoms with van der Waals surface area (Å²) in [4.78, 5) is 0. The fourth-order valence-corrected chi connectivity index (χ4v) is 1.83. The van der Waals surface area contributed by atoms with E-state index in [0.29, 0.717) is 6.54 Å². The molecule has 1 aromatic rings. The molecule has 0 atom stereocenters. The Morgan fingerprint density at radius 3 is 2.92 bits per heavy atom. The standard InChI is InChI=1S/C12H15N/c13-9-10-4-3-7-12(8-10)11-5-1-2-6-11/h3-5,7-8H,1-2,6,9,13H2. The predicted molar refractivity (Wildman–Crippen MR) is 56.2 cm³/mol. The molecule has 0 bridgehead atoms. The van der Waals surface area contributed by atoms with Crippen molar-refractivity contribution >= 4 is 5.57 Å². The van der Waals surface area contributed by atoms with Gasteiger partial charge >= 0.3 is 0 Å². The summed E-state index contributed by atoms with van der Waals surface area (Å²) in [6, 6.07) is 8.56. The van der Waals surface area contributed by atoms with E-state index in [1.165, 1.54) is 36.0 Å². The maximum Gasteiger partial charge on any atom is 0.0178 e. The Bertz CT molecular complexity index is 326. The summed E-state index contributed by atoms with van der Waals surface area (Å²) >= 11 is 0. The molecule has 1 nitrogen and oxygen atoms in total. The molecule has 13 heavy (non-hydrogen) atoms. The lowest BCUT2D eigenvalue weighted by molar-refractivity contribution is 0.935. The van der Waals surface area contributed by atoms with Crippen molar-refractivity contribution in [1.29, 1.82) is 0 Å². The smallest absolute Gasteiger partial charge is 0.0178 e. The van der Waals surface area contributed by atoms with Gasteiger partial charge in [-0.05, 0) is 36.0 Å². The summed E-state index contributed by atoms with van der Waals surface area (Å²) in [7, 11) is 0. The molecule has 0 spiro atoms. The first-order valence-corrected chi connectivity index (χ1v) is 4.88. The summed E-state index contributed by atoms with van der Waals surface area (Å²) in [5, 5.41) is 0. The Hall–Kier alpha value is -1.08. The summed E-state index contributed by atoms with van der Waals surface area (Å²) in [5.74, 6) is 0. The number of benzene rings is 1. The number of hydrogen-bond donors (Lipinski definition) is 1. The van der Waals surface area contributed by atoms with E-state index in [2.05, 4.69) is 30.3 Å². The van der Waals surface area contributed by atoms with Crippen LogP contribution in [0.15, 0.2) is 30.3 Å². The Morgan fingerprint density at radius 2 is 2.23 bits per heavy atom. The molecule has 2 N–H and O–H groups in total. The van der Waals surface area contributed by atoms with Crippen LogP contribution in [0.4, 0.5) is 0 Å². The van der Waals surface area contributed by atoms with Gasteiger partial charge in [0.25, 0.3) is 0 Å². The van der Waals surface area contributed by atoms with Gasteiger partial charge in [-0.15, -0.1) is 0 Å². The van der Waals surface area contributed by atoms with Gasteiger partial charge in [0.05, 0.1) is 0 Å². The summed E-state index contributed by atoms with van der Waals surface area (Å²) < 4.78 is 0. The van der Waals surface area contributed by atoms with E-state index in [-0.39, 0.29) is 0 Å². The molecule has 0 aromatic heterocycles. The van der Waals surface area contributed by atoms with Crippen LogP contribution in [0.1, 0.15) is 30.4 Å². The minimum atomic E-state index is 0.640. The quantitative estimate of drug-likeness (QED) is 0.731. The van der Waals surface area contributed by atoms with Gasteiger partial charge in [0.15, 0.2) is 0 Å². The lowest BCUT2D eigenvalue weighted by atomic mass is 10.0. The number of allylic oxidation sites excluding steroid dienone is 2. The first-order valence-electron chi connectivity index (χ1n) is 4.88. The molecule has 1 heteroatoms. The lowest BCUT2D eigenvalue weighted by Crippen LogP contribution is -1.96. The van der Waals surface area contributed by atoms with E-state index in [9.17, 15) is 0 Å². The van der Waals surface area contributed by atoms with E-state index in [0.717, 1.165) is 0 Å². The van der Waals surface area contributed by atoms with Crippen molar-refractivity contribution in [2.75, 3.05) is 0 Å². The van der Waals surface area contributed by atoms with Gasteiger partial charge in [-0.3, -0.25) is 0 Å². The van der Waals surface area contributed by atoms with Gasteiger partial charge in [0.1, 0.15) is 0 Å². The maximum absolute atomic E-state index is 5.60. The van der Waals surface area contributed by atoms with Crippen molar-refractivity contribution < 1.29 is 0 Å². The molecule has 0 saturated carbocycles. The van der Waals surface area contributed by atoms with Crippen LogP contribution in [0.2, 0.25) is 0 Å². The summed E-state index contributed by atoms with van der Waals surface area (Å²) in [5.41, 5.74) is 9.68. The van der Waals surface area contributed by atoms with E-state index < -0.39 is 0 Å². The van der Waals surface area contributed by atoms with Crippen LogP contribution in [0, 0.1) is 0 Å². The molecule has 0 aliphatic heterocycles. The summed E-state index contributed by atoms with van der Waals surface area (Å²) in [6.07, 6.45) is 6.12. The Labute approximate surface area is 79.3 Å². The topological polar surface area (TPSA) is 26.0 Å². The van der Waals surface area contributed by atoms with E-state index in [1.807, 2.05) is 0 Å². The SMILES string of the molecule is NCc1cccc(C2=CCCC2)c1. The molecule has 0 fully saturated rings. The maximum atomic E-state index is 5.60. The largest absolute Gasteiger partial charge is 0.326 e. The van der Waals surface area contributed by atoms with Crippen molar-refractivity contribution in [3.05, 3.63) is 41.5 Å². The molecule has 0 unspecified atom stereocenters. The fourth-order valence-electron chi connectivity index (χ4n) is 1.83. The zero-order valence-electron chi connectivity index (χ0n) is 7.79. The average Bonchev–Trinajstić information content (AvgIpc) is 2.71. The summed E-state index contributed by atoms with van der Waals surface area (Å²) in [6.45, 7) is 0.640. The molecule has 0 saturated heterocycles. The highest BCUT2D eigenvalue weighted by atomic mass is 14.5. The van der Waals surface area contributed by atoms with Crippen molar-refractivity contribution in [2.24, 2.45) is 5.73 Å². The van der Waals surface area contributed by atoms with Gasteiger partial charge in [0.2, 0.25) is 0 Å². The van der Waals surface area contributed by atoms with Crippen molar-refractivity contribution in [1.82, 2.24) is 0 Å². The van der Waals surface area contributed by atoms with Crippen LogP contribution in [0.25, 0.3) is 5.57 Å². The lowest BCUT2D eigenvalue weighted by Gasteiger charge is -2.03. The van der Waals surface area contributed by atoms with E-state index in [1.54, 1.807) is 0 Å². The van der Waals surface area contributed by atoms with Gasteiger partial charge in [0, 0.05) is 6.54 Å². The molecule has 1 aliphatic carbocycles. The highest BCUT2D eigenvalue weighted by Gasteiger charge is 2.06. The van der Waals surface area contributed by atoms with Crippen molar-refractivity contribution in [3.63, 3.8) is 0 Å². The molecular weight excluding hydrogens is 158 g/mol. The second kappa shape index (κ2) is 3.75. The number of hydrogen-bond acceptors (Lipinski definition) is 1. The van der Waals surface area contributed by atoms with Gasteiger partial charge in [-0.2, -0.15) is 0 Å². The molecule has 0 radical (unpaired) electrons. The Morgan fingerprint density at radius 1 is 1.31 bits per heavy atom. The zero-order chi connectivity index (χ0) is 9.10. The van der Waals surface area contributed by atoms with Crippen LogP contribution in [0.3, 0.4) is 0 Å². The second-order valence-electron chi connectivity index (χ2n) is 3.53. The van der Waals surface area contributed by atoms with Crippen LogP contribution >= 0.6 is 0 Å². The minimum Gasteiger partial charge on any atom is -0.326 e. The molecule has 2 rings (SSSR count). The third kappa shape index (κ3) is 1.81. The Kier molecular flexibility index (Phi) is 2.46. The van der Waals surface area contributed by atoms with Gasteiger partial charge < -0.3 is 5.73 Å². The molecule has 0 amide bonds. The highest BCUT2D eigenvalue weighted by molar-refractivity contribution is 5.67. The number of nitrogens with two attached hydrogens (primary N) is 1. The molecule has 68 valence electrons. The molecule has 0 heterocycles. The van der Waals surface area contributed by atoms with Gasteiger partial charge in [-0.25, -0.2) is 0 Å². The molecule has 1 aromatic carbocycles. The third-order valence-corrected chi connectivity index (χ3v) is 2.57. The van der Waals surface area contributed by atoms with Crippen LogP contribution < -0.4 is 5.73 Å². The van der Waals surface area contributed by atoms with E-state index in [4.69, 9.17) is 5.73 Å². The fraction of sp³-hybridized carbons (Fsp3) is 0.333. The first kappa shape index (κ1) is 8.52. The predicted octanol–water partition coefficient (Wildman–Crippen LogP) is 2.71. The average molecular weight is 173 g/mol.